The average Bonchev–Trinajstić information content (AvgIpc) is 2.35. The lowest BCUT2D eigenvalue weighted by Gasteiger charge is -2.42. The van der Waals surface area contributed by atoms with E-state index in [1.807, 2.05) is 6.92 Å². The van der Waals surface area contributed by atoms with Gasteiger partial charge in [0.25, 0.3) is 15.0 Å². The molecule has 116 valence electrons. The summed E-state index contributed by atoms with van der Waals surface area (Å²) in [5.74, 6) is -1.24. The lowest BCUT2D eigenvalue weighted by atomic mass is 9.74. The second-order valence-electron chi connectivity index (χ2n) is 5.46. The van der Waals surface area contributed by atoms with Crippen LogP contribution in [-0.2, 0) is 9.05 Å². The fraction of sp³-hybridized carbons (Fsp3) is 0.500. The zero-order valence-electron chi connectivity index (χ0n) is 11.9. The van der Waals surface area contributed by atoms with Crippen LogP contribution in [0.3, 0.4) is 0 Å². The second kappa shape index (κ2) is 5.57. The highest BCUT2D eigenvalue weighted by Gasteiger charge is 2.36. The SMILES string of the molecule is CCC1(NC(=O)c2cc(F)c(C)c(S(=O)(=O)Cl)c2)CCC1. The van der Waals surface area contributed by atoms with Crippen molar-refractivity contribution < 1.29 is 17.6 Å². The van der Waals surface area contributed by atoms with Crippen LogP contribution in [-0.4, -0.2) is 19.9 Å². The van der Waals surface area contributed by atoms with Crippen LogP contribution in [0.5, 0.6) is 0 Å². The zero-order chi connectivity index (χ0) is 15.8. The Morgan fingerprint density at radius 2 is 2.05 bits per heavy atom. The van der Waals surface area contributed by atoms with E-state index in [9.17, 15) is 17.6 Å². The first-order chi connectivity index (χ1) is 9.68. The molecule has 1 fully saturated rings. The minimum Gasteiger partial charge on any atom is -0.347 e. The summed E-state index contributed by atoms with van der Waals surface area (Å²) in [7, 11) is 1.18. The molecule has 21 heavy (non-hydrogen) atoms. The van der Waals surface area contributed by atoms with Crippen LogP contribution in [0.15, 0.2) is 17.0 Å². The third kappa shape index (κ3) is 3.21. The van der Waals surface area contributed by atoms with Gasteiger partial charge in [0.05, 0.1) is 4.90 Å². The van der Waals surface area contributed by atoms with Crippen molar-refractivity contribution in [3.05, 3.63) is 29.1 Å². The van der Waals surface area contributed by atoms with E-state index < -0.39 is 20.8 Å². The number of benzene rings is 1. The first-order valence-electron chi connectivity index (χ1n) is 6.76. The molecule has 0 atom stereocenters. The molecular weight excluding hydrogens is 317 g/mol. The van der Waals surface area contributed by atoms with Crippen LogP contribution >= 0.6 is 10.7 Å². The van der Waals surface area contributed by atoms with Gasteiger partial charge in [-0.15, -0.1) is 0 Å². The summed E-state index contributed by atoms with van der Waals surface area (Å²) in [6, 6.07) is 2.16. The maximum atomic E-state index is 13.8. The van der Waals surface area contributed by atoms with E-state index >= 15 is 0 Å². The van der Waals surface area contributed by atoms with E-state index in [0.717, 1.165) is 37.8 Å². The van der Waals surface area contributed by atoms with Crippen molar-refractivity contribution in [3.8, 4) is 0 Å². The molecule has 0 bridgehead atoms. The third-order valence-corrected chi connectivity index (χ3v) is 5.64. The molecule has 2 rings (SSSR count). The number of rotatable bonds is 4. The Kier molecular flexibility index (Phi) is 4.31. The number of nitrogens with one attached hydrogen (secondary N) is 1. The number of hydrogen-bond acceptors (Lipinski definition) is 3. The fourth-order valence-electron chi connectivity index (χ4n) is 2.52. The summed E-state index contributed by atoms with van der Waals surface area (Å²) >= 11 is 0. The summed E-state index contributed by atoms with van der Waals surface area (Å²) in [6.07, 6.45) is 3.58. The highest BCUT2D eigenvalue weighted by Crippen LogP contribution is 2.35. The predicted octanol–water partition coefficient (Wildman–Crippen LogP) is 3.12. The third-order valence-electron chi connectivity index (χ3n) is 4.19. The number of carbonyl (C=O) groups is 1. The fourth-order valence-corrected chi connectivity index (χ4v) is 3.73. The number of carbonyl (C=O) groups excluding carboxylic acids is 1. The van der Waals surface area contributed by atoms with Crippen molar-refractivity contribution in [2.75, 3.05) is 0 Å². The van der Waals surface area contributed by atoms with Crippen LogP contribution < -0.4 is 5.32 Å². The summed E-state index contributed by atoms with van der Waals surface area (Å²) in [5.41, 5.74) is -0.370. The molecule has 7 heteroatoms. The first kappa shape index (κ1) is 16.2. The molecule has 1 amide bonds. The molecule has 0 aromatic heterocycles. The number of halogens is 2. The lowest BCUT2D eigenvalue weighted by Crippen LogP contribution is -2.53. The average molecular weight is 334 g/mol. The predicted molar refractivity (Wildman–Crippen MR) is 78.5 cm³/mol. The lowest BCUT2D eigenvalue weighted by molar-refractivity contribution is 0.0819. The van der Waals surface area contributed by atoms with Gasteiger partial charge in [-0.25, -0.2) is 12.8 Å². The van der Waals surface area contributed by atoms with Gasteiger partial charge < -0.3 is 5.32 Å². The van der Waals surface area contributed by atoms with Crippen LogP contribution in [0.25, 0.3) is 0 Å². The standard InChI is InChI=1S/C14H17ClFNO3S/c1-3-14(5-4-6-14)17-13(18)10-7-11(16)9(2)12(8-10)21(15,19)20/h7-8H,3-6H2,1-2H3,(H,17,18). The van der Waals surface area contributed by atoms with Gasteiger partial charge in [0, 0.05) is 27.3 Å². The Balaban J connectivity index is 2.36. The molecule has 0 aliphatic heterocycles. The van der Waals surface area contributed by atoms with Crippen molar-refractivity contribution in [2.45, 2.75) is 50.0 Å². The maximum absolute atomic E-state index is 13.8. The van der Waals surface area contributed by atoms with Gasteiger partial charge in [-0.2, -0.15) is 0 Å². The molecule has 1 aliphatic carbocycles. The monoisotopic (exact) mass is 333 g/mol. The molecule has 1 N–H and O–H groups in total. The minimum atomic E-state index is -4.10. The van der Waals surface area contributed by atoms with Crippen molar-refractivity contribution in [2.24, 2.45) is 0 Å². The van der Waals surface area contributed by atoms with Gasteiger partial charge in [-0.3, -0.25) is 4.79 Å². The Bertz CT molecular complexity index is 678. The molecule has 1 aromatic carbocycles. The second-order valence-corrected chi connectivity index (χ2v) is 7.99. The molecule has 0 saturated heterocycles. The summed E-state index contributed by atoms with van der Waals surface area (Å²) < 4.78 is 36.8. The molecule has 0 unspecified atom stereocenters. The van der Waals surface area contributed by atoms with Crippen LogP contribution in [0.1, 0.15) is 48.5 Å². The van der Waals surface area contributed by atoms with Gasteiger partial charge in [-0.1, -0.05) is 6.92 Å². The van der Waals surface area contributed by atoms with Crippen molar-refractivity contribution >= 4 is 25.6 Å². The summed E-state index contributed by atoms with van der Waals surface area (Å²) in [4.78, 5) is 11.9. The molecule has 0 spiro atoms. The topological polar surface area (TPSA) is 63.2 Å². The van der Waals surface area contributed by atoms with Gasteiger partial charge in [-0.05, 0) is 44.7 Å². The Labute approximate surface area is 128 Å². The van der Waals surface area contributed by atoms with Crippen molar-refractivity contribution in [1.29, 1.82) is 0 Å². The van der Waals surface area contributed by atoms with E-state index in [1.54, 1.807) is 0 Å². The van der Waals surface area contributed by atoms with Gasteiger partial charge in [0.15, 0.2) is 0 Å². The highest BCUT2D eigenvalue weighted by molar-refractivity contribution is 8.13. The van der Waals surface area contributed by atoms with E-state index in [1.165, 1.54) is 6.92 Å². The molecule has 4 nitrogen and oxygen atoms in total. The molecule has 1 aliphatic rings. The smallest absolute Gasteiger partial charge is 0.261 e. The van der Waals surface area contributed by atoms with E-state index in [0.29, 0.717) is 0 Å². The first-order valence-corrected chi connectivity index (χ1v) is 9.07. The van der Waals surface area contributed by atoms with Crippen LogP contribution in [0.4, 0.5) is 4.39 Å². The Hall–Kier alpha value is -1.14. The number of hydrogen-bond donors (Lipinski definition) is 1. The van der Waals surface area contributed by atoms with Crippen molar-refractivity contribution in [3.63, 3.8) is 0 Å². The van der Waals surface area contributed by atoms with Crippen LogP contribution in [0, 0.1) is 12.7 Å². The van der Waals surface area contributed by atoms with Crippen molar-refractivity contribution in [1.82, 2.24) is 5.32 Å². The molecular formula is C14H17ClFNO3S. The number of amides is 1. The van der Waals surface area contributed by atoms with E-state index in [-0.39, 0.29) is 21.6 Å². The summed E-state index contributed by atoms with van der Waals surface area (Å²) in [5, 5.41) is 2.88. The quantitative estimate of drug-likeness (QED) is 0.861. The van der Waals surface area contributed by atoms with Crippen LogP contribution in [0.2, 0.25) is 0 Å². The Morgan fingerprint density at radius 1 is 1.43 bits per heavy atom. The Morgan fingerprint density at radius 3 is 2.48 bits per heavy atom. The van der Waals surface area contributed by atoms with Gasteiger partial charge in [0.1, 0.15) is 5.82 Å². The van der Waals surface area contributed by atoms with E-state index in [2.05, 4.69) is 5.32 Å². The molecule has 1 saturated carbocycles. The summed E-state index contributed by atoms with van der Waals surface area (Å²) in [6.45, 7) is 3.29. The maximum Gasteiger partial charge on any atom is 0.261 e. The zero-order valence-corrected chi connectivity index (χ0v) is 13.4. The molecule has 0 radical (unpaired) electrons. The highest BCUT2D eigenvalue weighted by atomic mass is 35.7. The molecule has 1 aromatic rings. The van der Waals surface area contributed by atoms with Gasteiger partial charge >= 0.3 is 0 Å². The van der Waals surface area contributed by atoms with E-state index in [4.69, 9.17) is 10.7 Å². The largest absolute Gasteiger partial charge is 0.347 e. The molecule has 0 heterocycles. The minimum absolute atomic E-state index is 0.0305. The normalized spacial score (nSPS) is 17.1. The van der Waals surface area contributed by atoms with Gasteiger partial charge in [0.2, 0.25) is 0 Å².